The Hall–Kier alpha value is -4.88. The molecule has 1 saturated carbocycles. The van der Waals surface area contributed by atoms with Crippen LogP contribution in [0.25, 0.3) is 23.8 Å². The van der Waals surface area contributed by atoms with Crippen LogP contribution in [0.3, 0.4) is 0 Å². The fraction of sp³-hybridized carbons (Fsp3) is 0.200. The van der Waals surface area contributed by atoms with E-state index in [0.717, 1.165) is 6.42 Å². The van der Waals surface area contributed by atoms with Gasteiger partial charge >= 0.3 is 0 Å². The minimum absolute atomic E-state index is 0.503. The Balaban J connectivity index is 1.24. The van der Waals surface area contributed by atoms with Crippen LogP contribution in [0.2, 0.25) is 0 Å². The smallest absolute Gasteiger partial charge is 0.0450 e. The van der Waals surface area contributed by atoms with Crippen molar-refractivity contribution in [3.05, 3.63) is 178 Å². The fourth-order valence-corrected chi connectivity index (χ4v) is 7.39. The first-order chi connectivity index (χ1) is 22.6. The lowest BCUT2D eigenvalue weighted by Crippen LogP contribution is -2.32. The highest BCUT2D eigenvalue weighted by molar-refractivity contribution is 5.83. The lowest BCUT2D eigenvalue weighted by Gasteiger charge is -2.34. The predicted octanol–water partition coefficient (Wildman–Crippen LogP) is 12.1. The average Bonchev–Trinajstić information content (AvgIpc) is 3.42. The maximum Gasteiger partial charge on any atom is 0.0450 e. The van der Waals surface area contributed by atoms with E-state index in [9.17, 15) is 0 Å². The number of nitrogens with zero attached hydrogens (tertiary/aromatic N) is 1. The third kappa shape index (κ3) is 6.70. The third-order valence-corrected chi connectivity index (χ3v) is 9.68. The summed E-state index contributed by atoms with van der Waals surface area (Å²) in [6, 6.07) is 45.2. The molecule has 2 atom stereocenters. The SMILES string of the molecule is C/C(=C/c1cc(Cc2ccccc2)cc(N2c3ccc(/C=C/C=C/c4ccc(C)cc4)cc3C3CCCCC32)c1)c1ccccc1. The maximum atomic E-state index is 2.69. The summed E-state index contributed by atoms with van der Waals surface area (Å²) in [5, 5.41) is 0. The van der Waals surface area contributed by atoms with Gasteiger partial charge in [-0.25, -0.2) is 0 Å². The highest BCUT2D eigenvalue weighted by Crippen LogP contribution is 2.51. The van der Waals surface area contributed by atoms with Crippen molar-refractivity contribution in [1.82, 2.24) is 0 Å². The van der Waals surface area contributed by atoms with Crippen LogP contribution in [0.5, 0.6) is 0 Å². The van der Waals surface area contributed by atoms with Crippen LogP contribution in [-0.2, 0) is 6.42 Å². The molecule has 1 fully saturated rings. The Morgan fingerprint density at radius 1 is 0.674 bits per heavy atom. The van der Waals surface area contributed by atoms with E-state index in [1.807, 2.05) is 0 Å². The molecule has 228 valence electrons. The van der Waals surface area contributed by atoms with Gasteiger partial charge in [0, 0.05) is 23.3 Å². The van der Waals surface area contributed by atoms with Crippen molar-refractivity contribution >= 4 is 35.2 Å². The quantitative estimate of drug-likeness (QED) is 0.127. The summed E-state index contributed by atoms with van der Waals surface area (Å²) in [6.07, 6.45) is 17.1. The second-order valence-electron chi connectivity index (χ2n) is 13.1. The number of anilines is 2. The number of allylic oxidation sites excluding steroid dienone is 3. The Morgan fingerprint density at radius 2 is 1.37 bits per heavy atom. The van der Waals surface area contributed by atoms with E-state index in [1.165, 1.54) is 87.1 Å². The van der Waals surface area contributed by atoms with Crippen LogP contribution in [-0.4, -0.2) is 6.04 Å². The molecular formula is C45H43N. The molecule has 0 amide bonds. The van der Waals surface area contributed by atoms with Crippen molar-refractivity contribution in [3.63, 3.8) is 0 Å². The number of hydrogen-bond acceptors (Lipinski definition) is 1. The molecule has 7 rings (SSSR count). The fourth-order valence-electron chi connectivity index (χ4n) is 7.39. The Kier molecular flexibility index (Phi) is 8.83. The number of rotatable bonds is 8. The second kappa shape index (κ2) is 13.6. The first kappa shape index (κ1) is 29.8. The summed E-state index contributed by atoms with van der Waals surface area (Å²) >= 11 is 0. The van der Waals surface area contributed by atoms with Gasteiger partial charge in [0.2, 0.25) is 0 Å². The lowest BCUT2D eigenvalue weighted by molar-refractivity contribution is 0.402. The standard InChI is InChI=1S/C45H43N/c1-33-21-23-35(24-22-33)13-9-10-16-37-25-26-45-43(32-37)42-19-11-12-20-44(42)46(45)41-30-38(27-34(2)40-17-7-4-8-18-40)29-39(31-41)28-36-14-5-3-6-15-36/h3-10,13-18,21-27,29-32,42,44H,11-12,19-20,28H2,1-2H3/b13-9+,16-10+,34-27-. The maximum absolute atomic E-state index is 2.69. The zero-order chi connectivity index (χ0) is 31.3. The molecule has 5 aromatic carbocycles. The largest absolute Gasteiger partial charge is 0.337 e. The molecule has 0 N–H and O–H groups in total. The Bertz CT molecular complexity index is 1880. The van der Waals surface area contributed by atoms with Crippen LogP contribution in [0.15, 0.2) is 133 Å². The number of hydrogen-bond donors (Lipinski definition) is 0. The summed E-state index contributed by atoms with van der Waals surface area (Å²) in [6.45, 7) is 4.36. The normalized spacial score (nSPS) is 17.9. The Morgan fingerprint density at radius 3 is 2.15 bits per heavy atom. The van der Waals surface area contributed by atoms with Gasteiger partial charge < -0.3 is 4.90 Å². The first-order valence-corrected chi connectivity index (χ1v) is 16.9. The van der Waals surface area contributed by atoms with Gasteiger partial charge in [-0.05, 0) is 102 Å². The van der Waals surface area contributed by atoms with Crippen LogP contribution >= 0.6 is 0 Å². The van der Waals surface area contributed by atoms with Crippen LogP contribution in [0.1, 0.15) is 83.0 Å². The minimum Gasteiger partial charge on any atom is -0.337 e. The number of benzene rings is 5. The molecule has 0 spiro atoms. The van der Waals surface area contributed by atoms with E-state index in [4.69, 9.17) is 0 Å². The van der Waals surface area contributed by atoms with E-state index < -0.39 is 0 Å². The van der Waals surface area contributed by atoms with Crippen LogP contribution in [0, 0.1) is 6.92 Å². The van der Waals surface area contributed by atoms with Crippen molar-refractivity contribution < 1.29 is 0 Å². The summed E-state index contributed by atoms with van der Waals surface area (Å²) in [5.41, 5.74) is 14.5. The molecule has 1 aliphatic carbocycles. The number of aryl methyl sites for hydroxylation is 1. The first-order valence-electron chi connectivity index (χ1n) is 16.9. The Labute approximate surface area is 275 Å². The van der Waals surface area contributed by atoms with Gasteiger partial charge in [0.05, 0.1) is 0 Å². The molecule has 0 saturated heterocycles. The van der Waals surface area contributed by atoms with Crippen molar-refractivity contribution in [2.24, 2.45) is 0 Å². The zero-order valence-corrected chi connectivity index (χ0v) is 27.1. The van der Waals surface area contributed by atoms with Crippen molar-refractivity contribution in [2.45, 2.75) is 57.9 Å². The minimum atomic E-state index is 0.503. The highest BCUT2D eigenvalue weighted by Gasteiger charge is 2.40. The van der Waals surface area contributed by atoms with E-state index in [1.54, 1.807) is 0 Å². The molecule has 1 heteroatoms. The van der Waals surface area contributed by atoms with Gasteiger partial charge in [-0.15, -0.1) is 0 Å². The second-order valence-corrected chi connectivity index (χ2v) is 13.1. The molecule has 2 unspecified atom stereocenters. The van der Waals surface area contributed by atoms with E-state index in [-0.39, 0.29) is 0 Å². The van der Waals surface area contributed by atoms with Crippen LogP contribution in [0.4, 0.5) is 11.4 Å². The summed E-state index contributed by atoms with van der Waals surface area (Å²) in [4.78, 5) is 2.69. The highest BCUT2D eigenvalue weighted by atomic mass is 15.2. The molecule has 0 radical (unpaired) electrons. The third-order valence-electron chi connectivity index (χ3n) is 9.68. The van der Waals surface area contributed by atoms with Gasteiger partial charge in [-0.1, -0.05) is 146 Å². The van der Waals surface area contributed by atoms with E-state index in [2.05, 4.69) is 170 Å². The molecule has 5 aromatic rings. The topological polar surface area (TPSA) is 3.24 Å². The molecule has 1 aliphatic heterocycles. The number of fused-ring (bicyclic) bond motifs is 3. The van der Waals surface area contributed by atoms with Crippen molar-refractivity contribution in [3.8, 4) is 0 Å². The van der Waals surface area contributed by atoms with Crippen LogP contribution < -0.4 is 4.90 Å². The van der Waals surface area contributed by atoms with Gasteiger partial charge in [-0.2, -0.15) is 0 Å². The predicted molar refractivity (Wildman–Crippen MR) is 199 cm³/mol. The molecule has 0 bridgehead atoms. The molecule has 1 heterocycles. The molecular weight excluding hydrogens is 555 g/mol. The van der Waals surface area contributed by atoms with Gasteiger partial charge in [0.15, 0.2) is 0 Å². The molecule has 46 heavy (non-hydrogen) atoms. The molecule has 1 nitrogen and oxygen atoms in total. The van der Waals surface area contributed by atoms with E-state index in [0.29, 0.717) is 12.0 Å². The summed E-state index contributed by atoms with van der Waals surface area (Å²) in [7, 11) is 0. The van der Waals surface area contributed by atoms with Crippen molar-refractivity contribution in [2.75, 3.05) is 4.90 Å². The van der Waals surface area contributed by atoms with Gasteiger partial charge in [-0.3, -0.25) is 0 Å². The van der Waals surface area contributed by atoms with Gasteiger partial charge in [0.25, 0.3) is 0 Å². The molecule has 0 aromatic heterocycles. The molecule has 2 aliphatic rings. The lowest BCUT2D eigenvalue weighted by atomic mass is 9.82. The van der Waals surface area contributed by atoms with E-state index >= 15 is 0 Å². The monoisotopic (exact) mass is 597 g/mol. The summed E-state index contributed by atoms with van der Waals surface area (Å²) < 4.78 is 0. The van der Waals surface area contributed by atoms with Crippen molar-refractivity contribution in [1.29, 1.82) is 0 Å². The zero-order valence-electron chi connectivity index (χ0n) is 27.1. The average molecular weight is 598 g/mol. The summed E-state index contributed by atoms with van der Waals surface area (Å²) in [5.74, 6) is 0.572. The van der Waals surface area contributed by atoms with Gasteiger partial charge in [0.1, 0.15) is 0 Å².